The molecule has 0 saturated heterocycles. The Morgan fingerprint density at radius 2 is 1.28 bits per heavy atom. The van der Waals surface area contributed by atoms with E-state index in [0.29, 0.717) is 6.42 Å². The summed E-state index contributed by atoms with van der Waals surface area (Å²) in [6.45, 7) is 0. The molecule has 4 aromatic carbocycles. The summed E-state index contributed by atoms with van der Waals surface area (Å²) < 4.78 is 0. The number of ketones is 1. The molecule has 0 N–H and O–H groups in total. The Hall–Kier alpha value is -2.75. The monoisotopic (exact) mass is 410 g/mol. The molecule has 0 aromatic heterocycles. The molecule has 3 heteroatoms. The molecule has 1 aliphatic heterocycles. The van der Waals surface area contributed by atoms with Crippen LogP contribution < -0.4 is 0 Å². The van der Waals surface area contributed by atoms with Crippen molar-refractivity contribution in [1.82, 2.24) is 0 Å². The number of benzene rings is 4. The van der Waals surface area contributed by atoms with E-state index in [4.69, 9.17) is 0 Å². The number of fused-ring (bicyclic) bond motifs is 2. The molecule has 0 atom stereocenters. The maximum absolute atomic E-state index is 12.6. The molecule has 0 aliphatic carbocycles. The zero-order valence-corrected chi connectivity index (χ0v) is 17.3. The normalized spacial score (nSPS) is 12.1. The summed E-state index contributed by atoms with van der Waals surface area (Å²) in [5, 5.41) is 0. The van der Waals surface area contributed by atoms with E-state index in [0.717, 1.165) is 16.7 Å². The van der Waals surface area contributed by atoms with E-state index in [-0.39, 0.29) is 5.78 Å². The largest absolute Gasteiger partial charge is 0.294 e. The summed E-state index contributed by atoms with van der Waals surface area (Å²) in [4.78, 5) is 17.8. The van der Waals surface area contributed by atoms with Crippen LogP contribution in [0.3, 0.4) is 0 Å². The predicted molar refractivity (Wildman–Crippen MR) is 121 cm³/mol. The Balaban J connectivity index is 1.42. The van der Waals surface area contributed by atoms with Crippen molar-refractivity contribution < 1.29 is 4.79 Å². The summed E-state index contributed by atoms with van der Waals surface area (Å²) in [5.74, 6) is 0.150. The second-order valence-electron chi connectivity index (χ2n) is 6.95. The van der Waals surface area contributed by atoms with Gasteiger partial charge in [0.2, 0.25) is 0 Å². The van der Waals surface area contributed by atoms with Crippen molar-refractivity contribution in [1.29, 1.82) is 0 Å². The molecule has 4 aromatic rings. The lowest BCUT2D eigenvalue weighted by molar-refractivity contribution is 0.0993. The lowest BCUT2D eigenvalue weighted by atomic mass is 9.99. The smallest absolute Gasteiger partial charge is 0.167 e. The number of hydrogen-bond donors (Lipinski definition) is 0. The second kappa shape index (κ2) is 7.94. The van der Waals surface area contributed by atoms with Crippen LogP contribution in [0.5, 0.6) is 0 Å². The van der Waals surface area contributed by atoms with Gasteiger partial charge < -0.3 is 0 Å². The Morgan fingerprint density at radius 3 is 2.03 bits per heavy atom. The number of carbonyl (C=O) groups excluding carboxylic acids is 1. The van der Waals surface area contributed by atoms with Crippen LogP contribution in [0, 0.1) is 0 Å². The van der Waals surface area contributed by atoms with E-state index in [9.17, 15) is 4.79 Å². The molecule has 0 amide bonds. The van der Waals surface area contributed by atoms with Crippen LogP contribution in [0.1, 0.15) is 15.9 Å². The van der Waals surface area contributed by atoms with Crippen molar-refractivity contribution in [3.63, 3.8) is 0 Å². The third-order valence-corrected chi connectivity index (χ3v) is 7.60. The molecule has 0 spiro atoms. The summed E-state index contributed by atoms with van der Waals surface area (Å²) in [6.07, 6.45) is 0.435. The maximum atomic E-state index is 12.6. The predicted octanol–water partition coefficient (Wildman–Crippen LogP) is 7.39. The first-order chi connectivity index (χ1) is 14.3. The van der Waals surface area contributed by atoms with Crippen LogP contribution in [0.4, 0.5) is 0 Å². The summed E-state index contributed by atoms with van der Waals surface area (Å²) in [6, 6.07) is 32.9. The molecule has 140 valence electrons. The van der Waals surface area contributed by atoms with E-state index < -0.39 is 0 Å². The topological polar surface area (TPSA) is 17.1 Å². The van der Waals surface area contributed by atoms with Gasteiger partial charge in [0.05, 0.1) is 0 Å². The van der Waals surface area contributed by atoms with Crippen molar-refractivity contribution in [3.05, 3.63) is 108 Å². The van der Waals surface area contributed by atoms with Crippen LogP contribution in [0.15, 0.2) is 117 Å². The average molecular weight is 411 g/mol. The third-order valence-electron chi connectivity index (χ3n) is 4.99. The van der Waals surface area contributed by atoms with Crippen molar-refractivity contribution in [3.8, 4) is 11.1 Å². The first-order valence-corrected chi connectivity index (χ1v) is 11.2. The number of rotatable bonds is 4. The molecule has 1 nitrogen and oxygen atoms in total. The Kier molecular flexibility index (Phi) is 5.01. The van der Waals surface area contributed by atoms with Crippen molar-refractivity contribution in [2.24, 2.45) is 0 Å². The van der Waals surface area contributed by atoms with Crippen molar-refractivity contribution in [2.75, 3.05) is 0 Å². The maximum Gasteiger partial charge on any atom is 0.167 e. The molecule has 1 heterocycles. The van der Waals surface area contributed by atoms with E-state index >= 15 is 0 Å². The highest BCUT2D eigenvalue weighted by atomic mass is 32.2. The molecular formula is C26H18OS2. The standard InChI is InChI=1S/C26H18OS2/c27-22(17-18-7-2-1-3-8-18)20-15-13-19(14-16-20)21-9-6-12-25-26(21)29-24-11-5-4-10-23(24)28-25/h1-16H,17H2. The summed E-state index contributed by atoms with van der Waals surface area (Å²) in [7, 11) is 0. The fraction of sp³-hybridized carbons (Fsp3) is 0.0385. The second-order valence-corrected chi connectivity index (χ2v) is 9.08. The molecule has 0 unspecified atom stereocenters. The minimum Gasteiger partial charge on any atom is -0.294 e. The van der Waals surface area contributed by atoms with Gasteiger partial charge in [0, 0.05) is 31.6 Å². The molecule has 0 bridgehead atoms. The highest BCUT2D eigenvalue weighted by Crippen LogP contribution is 2.51. The molecule has 29 heavy (non-hydrogen) atoms. The van der Waals surface area contributed by atoms with E-state index in [2.05, 4.69) is 54.6 Å². The van der Waals surface area contributed by atoms with E-state index in [1.807, 2.05) is 66.0 Å². The highest BCUT2D eigenvalue weighted by Gasteiger charge is 2.20. The van der Waals surface area contributed by atoms with Gasteiger partial charge in [-0.3, -0.25) is 4.79 Å². The molecule has 0 fully saturated rings. The van der Waals surface area contributed by atoms with Crippen molar-refractivity contribution >= 4 is 29.3 Å². The first-order valence-electron chi connectivity index (χ1n) is 9.53. The van der Waals surface area contributed by atoms with Crippen LogP contribution in [-0.4, -0.2) is 5.78 Å². The molecule has 0 radical (unpaired) electrons. The van der Waals surface area contributed by atoms with Crippen LogP contribution in [0.25, 0.3) is 11.1 Å². The average Bonchev–Trinajstić information content (AvgIpc) is 2.78. The van der Waals surface area contributed by atoms with E-state index in [1.165, 1.54) is 25.1 Å². The zero-order valence-electron chi connectivity index (χ0n) is 15.7. The van der Waals surface area contributed by atoms with Gasteiger partial charge in [0.1, 0.15) is 0 Å². The van der Waals surface area contributed by atoms with Gasteiger partial charge in [-0.05, 0) is 34.9 Å². The van der Waals surface area contributed by atoms with Crippen LogP contribution in [-0.2, 0) is 6.42 Å². The molecule has 0 saturated carbocycles. The molecule has 1 aliphatic rings. The summed E-state index contributed by atoms with van der Waals surface area (Å²) >= 11 is 3.65. The van der Waals surface area contributed by atoms with E-state index in [1.54, 1.807) is 0 Å². The molecular weight excluding hydrogens is 392 g/mol. The highest BCUT2D eigenvalue weighted by molar-refractivity contribution is 8.05. The quantitative estimate of drug-likeness (QED) is 0.287. The number of Topliss-reactive ketones (excluding diaryl/α,β-unsaturated/α-hetero) is 1. The zero-order chi connectivity index (χ0) is 19.6. The minimum absolute atomic E-state index is 0.150. The third kappa shape index (κ3) is 3.76. The lowest BCUT2D eigenvalue weighted by Crippen LogP contribution is -2.03. The van der Waals surface area contributed by atoms with Gasteiger partial charge in [-0.25, -0.2) is 0 Å². The fourth-order valence-electron chi connectivity index (χ4n) is 3.50. The number of hydrogen-bond acceptors (Lipinski definition) is 3. The van der Waals surface area contributed by atoms with Gasteiger partial charge in [-0.15, -0.1) is 0 Å². The Bertz CT molecular complexity index is 1180. The van der Waals surface area contributed by atoms with Crippen LogP contribution >= 0.6 is 23.5 Å². The van der Waals surface area contributed by atoms with Gasteiger partial charge in [-0.1, -0.05) is 102 Å². The number of carbonyl (C=O) groups is 1. The minimum atomic E-state index is 0.150. The fourth-order valence-corrected chi connectivity index (χ4v) is 5.90. The van der Waals surface area contributed by atoms with Gasteiger partial charge >= 0.3 is 0 Å². The lowest BCUT2D eigenvalue weighted by Gasteiger charge is -2.21. The SMILES string of the molecule is O=C(Cc1ccccc1)c1ccc(-c2cccc3c2Sc2ccccc2S3)cc1. The van der Waals surface area contributed by atoms with Gasteiger partial charge in [0.15, 0.2) is 5.78 Å². The van der Waals surface area contributed by atoms with Crippen molar-refractivity contribution in [2.45, 2.75) is 26.0 Å². The first kappa shape index (κ1) is 18.3. The molecule has 5 rings (SSSR count). The van der Waals surface area contributed by atoms with Gasteiger partial charge in [-0.2, -0.15) is 0 Å². The van der Waals surface area contributed by atoms with Gasteiger partial charge in [0.25, 0.3) is 0 Å². The Labute approximate surface area is 179 Å². The van der Waals surface area contributed by atoms with Crippen LogP contribution in [0.2, 0.25) is 0 Å². The Morgan fingerprint density at radius 1 is 0.621 bits per heavy atom. The summed E-state index contributed by atoms with van der Waals surface area (Å²) in [5.41, 5.74) is 4.17.